The molecule has 5 heteroatoms. The summed E-state index contributed by atoms with van der Waals surface area (Å²) >= 11 is 5.89. The predicted octanol–water partition coefficient (Wildman–Crippen LogP) is 3.77. The van der Waals surface area contributed by atoms with Crippen molar-refractivity contribution in [2.45, 2.75) is 20.3 Å². The molecule has 25 heavy (non-hydrogen) atoms. The van der Waals surface area contributed by atoms with E-state index in [2.05, 4.69) is 10.3 Å². The number of aromatic amines is 1. The van der Waals surface area contributed by atoms with Crippen molar-refractivity contribution in [1.29, 1.82) is 0 Å². The number of rotatable bonds is 4. The molecule has 1 amide bonds. The molecule has 3 aromatic rings. The lowest BCUT2D eigenvalue weighted by Gasteiger charge is -2.09. The van der Waals surface area contributed by atoms with Crippen LogP contribution in [-0.2, 0) is 6.42 Å². The molecule has 0 radical (unpaired) electrons. The highest BCUT2D eigenvalue weighted by Crippen LogP contribution is 2.19. The minimum absolute atomic E-state index is 0.113. The molecule has 1 aromatic heterocycles. The van der Waals surface area contributed by atoms with Gasteiger partial charge in [-0.3, -0.25) is 9.59 Å². The molecule has 3 rings (SSSR count). The number of H-pyrrole nitrogens is 1. The number of carbonyl (C=O) groups is 1. The molecule has 0 fully saturated rings. The van der Waals surface area contributed by atoms with Gasteiger partial charge in [0.05, 0.1) is 5.52 Å². The standard InChI is InChI=1S/C20H19ClN2O2/c1-12-6-7-14-10-16(20(25)23-18(14)13(12)2)8-9-22-19(24)15-4-3-5-17(21)11-15/h3-7,10-11H,8-9H2,1-2H3,(H,22,24)(H,23,25). The third-order valence-corrected chi connectivity index (χ3v) is 4.63. The van der Waals surface area contributed by atoms with Gasteiger partial charge in [0.2, 0.25) is 0 Å². The van der Waals surface area contributed by atoms with Crippen LogP contribution in [0, 0.1) is 13.8 Å². The van der Waals surface area contributed by atoms with E-state index in [1.165, 1.54) is 0 Å². The van der Waals surface area contributed by atoms with Crippen molar-refractivity contribution in [1.82, 2.24) is 10.3 Å². The molecule has 0 aliphatic heterocycles. The number of hydrogen-bond acceptors (Lipinski definition) is 2. The lowest BCUT2D eigenvalue weighted by atomic mass is 10.0. The third kappa shape index (κ3) is 3.74. The number of halogens is 1. The Bertz CT molecular complexity index is 1010. The van der Waals surface area contributed by atoms with Crippen LogP contribution < -0.4 is 10.9 Å². The Balaban J connectivity index is 1.73. The second-order valence-electron chi connectivity index (χ2n) is 6.11. The van der Waals surface area contributed by atoms with E-state index in [1.54, 1.807) is 24.3 Å². The first-order valence-corrected chi connectivity index (χ1v) is 8.49. The zero-order valence-corrected chi connectivity index (χ0v) is 14.9. The van der Waals surface area contributed by atoms with Crippen LogP contribution in [-0.4, -0.2) is 17.4 Å². The molecule has 1 heterocycles. The molecule has 2 N–H and O–H groups in total. The highest BCUT2D eigenvalue weighted by molar-refractivity contribution is 6.30. The zero-order valence-electron chi connectivity index (χ0n) is 14.2. The van der Waals surface area contributed by atoms with Crippen LogP contribution in [0.15, 0.2) is 47.3 Å². The van der Waals surface area contributed by atoms with Crippen LogP contribution in [0.5, 0.6) is 0 Å². The molecule has 0 aliphatic carbocycles. The van der Waals surface area contributed by atoms with Crippen molar-refractivity contribution in [3.8, 4) is 0 Å². The molecule has 0 aliphatic rings. The fourth-order valence-corrected chi connectivity index (χ4v) is 2.99. The van der Waals surface area contributed by atoms with Gasteiger partial charge in [0.25, 0.3) is 11.5 Å². The molecule has 0 bridgehead atoms. The van der Waals surface area contributed by atoms with Crippen LogP contribution in [0.25, 0.3) is 10.9 Å². The van der Waals surface area contributed by atoms with Gasteiger partial charge in [-0.1, -0.05) is 29.8 Å². The maximum Gasteiger partial charge on any atom is 0.251 e. The topological polar surface area (TPSA) is 62.0 Å². The highest BCUT2D eigenvalue weighted by Gasteiger charge is 2.08. The van der Waals surface area contributed by atoms with Crippen molar-refractivity contribution in [2.24, 2.45) is 0 Å². The smallest absolute Gasteiger partial charge is 0.251 e. The summed E-state index contributed by atoms with van der Waals surface area (Å²) in [5.74, 6) is -0.203. The Morgan fingerprint density at radius 3 is 2.72 bits per heavy atom. The molecule has 0 atom stereocenters. The van der Waals surface area contributed by atoms with E-state index >= 15 is 0 Å². The van der Waals surface area contributed by atoms with Gasteiger partial charge in [-0.15, -0.1) is 0 Å². The molecule has 128 valence electrons. The molecule has 0 unspecified atom stereocenters. The summed E-state index contributed by atoms with van der Waals surface area (Å²) in [6.45, 7) is 4.40. The van der Waals surface area contributed by atoms with E-state index in [9.17, 15) is 9.59 Å². The van der Waals surface area contributed by atoms with Crippen molar-refractivity contribution in [2.75, 3.05) is 6.54 Å². The van der Waals surface area contributed by atoms with E-state index in [1.807, 2.05) is 32.0 Å². The van der Waals surface area contributed by atoms with Crippen molar-refractivity contribution in [3.63, 3.8) is 0 Å². The number of aryl methyl sites for hydroxylation is 2. The average molecular weight is 355 g/mol. The third-order valence-electron chi connectivity index (χ3n) is 4.39. The van der Waals surface area contributed by atoms with Crippen molar-refractivity contribution in [3.05, 3.63) is 80.1 Å². The van der Waals surface area contributed by atoms with Crippen LogP contribution >= 0.6 is 11.6 Å². The first kappa shape index (κ1) is 17.2. The van der Waals surface area contributed by atoms with E-state index < -0.39 is 0 Å². The minimum Gasteiger partial charge on any atom is -0.352 e. The van der Waals surface area contributed by atoms with Crippen molar-refractivity contribution >= 4 is 28.4 Å². The van der Waals surface area contributed by atoms with Crippen molar-refractivity contribution < 1.29 is 4.79 Å². The van der Waals surface area contributed by atoms with Gasteiger partial charge in [0.15, 0.2) is 0 Å². The number of aromatic nitrogens is 1. The van der Waals surface area contributed by atoms with Crippen LogP contribution in [0.1, 0.15) is 27.0 Å². The summed E-state index contributed by atoms with van der Waals surface area (Å²) in [6.07, 6.45) is 0.463. The summed E-state index contributed by atoms with van der Waals surface area (Å²) in [5, 5.41) is 4.34. The van der Waals surface area contributed by atoms with Gasteiger partial charge >= 0.3 is 0 Å². The Kier molecular flexibility index (Phi) is 4.91. The Morgan fingerprint density at radius 1 is 1.16 bits per heavy atom. The number of carbonyl (C=O) groups excluding carboxylic acids is 1. The molecule has 0 spiro atoms. The second-order valence-corrected chi connectivity index (χ2v) is 6.55. The normalized spacial score (nSPS) is 10.8. The second kappa shape index (κ2) is 7.11. The maximum absolute atomic E-state index is 12.3. The van der Waals surface area contributed by atoms with E-state index in [0.29, 0.717) is 29.1 Å². The number of amides is 1. The van der Waals surface area contributed by atoms with Crippen LogP contribution in [0.4, 0.5) is 0 Å². The lowest BCUT2D eigenvalue weighted by molar-refractivity contribution is 0.0954. The summed E-state index contributed by atoms with van der Waals surface area (Å²) in [7, 11) is 0. The summed E-state index contributed by atoms with van der Waals surface area (Å²) in [5.41, 5.74) is 4.14. The van der Waals surface area contributed by atoms with Gasteiger partial charge < -0.3 is 10.3 Å². The maximum atomic E-state index is 12.3. The molecule has 0 saturated carbocycles. The van der Waals surface area contributed by atoms with E-state index in [-0.39, 0.29) is 11.5 Å². The fourth-order valence-electron chi connectivity index (χ4n) is 2.80. The fraction of sp³-hybridized carbons (Fsp3) is 0.200. The summed E-state index contributed by atoms with van der Waals surface area (Å²) in [4.78, 5) is 27.4. The van der Waals surface area contributed by atoms with Gasteiger partial charge in [0, 0.05) is 22.7 Å². The molecule has 2 aromatic carbocycles. The highest BCUT2D eigenvalue weighted by atomic mass is 35.5. The average Bonchev–Trinajstić information content (AvgIpc) is 2.59. The zero-order chi connectivity index (χ0) is 18.0. The van der Waals surface area contributed by atoms with E-state index in [4.69, 9.17) is 11.6 Å². The molecule has 0 saturated heterocycles. The first-order valence-electron chi connectivity index (χ1n) is 8.11. The quantitative estimate of drug-likeness (QED) is 0.749. The van der Waals surface area contributed by atoms with Gasteiger partial charge in [0.1, 0.15) is 0 Å². The van der Waals surface area contributed by atoms with Gasteiger partial charge in [-0.2, -0.15) is 0 Å². The largest absolute Gasteiger partial charge is 0.352 e. The number of hydrogen-bond donors (Lipinski definition) is 2. The SMILES string of the molecule is Cc1ccc2cc(CCNC(=O)c3cccc(Cl)c3)c(=O)[nH]c2c1C. The predicted molar refractivity (Wildman–Crippen MR) is 102 cm³/mol. The summed E-state index contributed by atoms with van der Waals surface area (Å²) < 4.78 is 0. The number of pyridine rings is 1. The molecular formula is C20H19ClN2O2. The van der Waals surface area contributed by atoms with Crippen LogP contribution in [0.3, 0.4) is 0 Å². The number of fused-ring (bicyclic) bond motifs is 1. The molecular weight excluding hydrogens is 336 g/mol. The number of benzene rings is 2. The van der Waals surface area contributed by atoms with E-state index in [0.717, 1.165) is 22.0 Å². The lowest BCUT2D eigenvalue weighted by Crippen LogP contribution is -2.27. The first-order chi connectivity index (χ1) is 12.0. The Hall–Kier alpha value is -2.59. The molecule has 4 nitrogen and oxygen atoms in total. The Labute approximate surface area is 150 Å². The van der Waals surface area contributed by atoms with Crippen LogP contribution in [0.2, 0.25) is 5.02 Å². The monoisotopic (exact) mass is 354 g/mol. The van der Waals surface area contributed by atoms with Gasteiger partial charge in [-0.05, 0) is 61.0 Å². The Morgan fingerprint density at radius 2 is 1.96 bits per heavy atom. The minimum atomic E-state index is -0.203. The number of nitrogens with one attached hydrogen (secondary N) is 2. The van der Waals surface area contributed by atoms with Gasteiger partial charge in [-0.25, -0.2) is 0 Å². The summed E-state index contributed by atoms with van der Waals surface area (Å²) in [6, 6.07) is 12.7.